The first-order chi connectivity index (χ1) is 8.26. The molecule has 1 aromatic heterocycles. The highest BCUT2D eigenvalue weighted by atomic mass is 16.6. The molecule has 0 saturated carbocycles. The van der Waals surface area contributed by atoms with Gasteiger partial charge in [-0.25, -0.2) is 0 Å². The second-order valence-corrected chi connectivity index (χ2v) is 4.37. The van der Waals surface area contributed by atoms with E-state index in [1.54, 1.807) is 6.20 Å². The van der Waals surface area contributed by atoms with Crippen molar-refractivity contribution in [2.75, 3.05) is 6.61 Å². The number of aromatic nitrogens is 1. The summed E-state index contributed by atoms with van der Waals surface area (Å²) in [5.74, 6) is 0. The molecule has 0 saturated heterocycles. The molecule has 1 rings (SSSR count). The summed E-state index contributed by atoms with van der Waals surface area (Å²) >= 11 is 0. The van der Waals surface area contributed by atoms with Crippen molar-refractivity contribution in [3.8, 4) is 0 Å². The van der Waals surface area contributed by atoms with Crippen molar-refractivity contribution >= 4 is 6.55 Å². The average molecular weight is 236 g/mol. The van der Waals surface area contributed by atoms with Crippen molar-refractivity contribution in [2.24, 2.45) is 0 Å². The summed E-state index contributed by atoms with van der Waals surface area (Å²) in [4.78, 5) is 4.26. The van der Waals surface area contributed by atoms with Crippen LogP contribution in [-0.4, -0.2) is 18.1 Å². The Labute approximate surface area is 105 Å². The average Bonchev–Trinajstić information content (AvgIpc) is 2.41. The van der Waals surface area contributed by atoms with Gasteiger partial charge in [-0.1, -0.05) is 26.8 Å². The lowest BCUT2D eigenvalue weighted by Gasteiger charge is -2.39. The molecular weight excluding hydrogens is 213 g/mol. The van der Waals surface area contributed by atoms with Gasteiger partial charge in [-0.3, -0.25) is 4.98 Å². The van der Waals surface area contributed by atoms with Gasteiger partial charge in [0.1, 0.15) is 0 Å². The molecule has 0 fully saturated rings. The SMILES string of the molecule is CCCO[B-](CC)(CC)OCc1ccccn1. The van der Waals surface area contributed by atoms with Gasteiger partial charge in [-0.15, -0.1) is 12.6 Å². The topological polar surface area (TPSA) is 31.4 Å². The molecule has 0 aromatic carbocycles. The van der Waals surface area contributed by atoms with Crippen molar-refractivity contribution in [3.05, 3.63) is 30.1 Å². The third-order valence-electron chi connectivity index (χ3n) is 3.13. The molecule has 0 N–H and O–H groups in total. The smallest absolute Gasteiger partial charge is 0.240 e. The van der Waals surface area contributed by atoms with Crippen molar-refractivity contribution in [1.29, 1.82) is 0 Å². The van der Waals surface area contributed by atoms with Gasteiger partial charge in [-0.05, 0) is 18.6 Å². The summed E-state index contributed by atoms with van der Waals surface area (Å²) in [7, 11) is 0. The Morgan fingerprint density at radius 2 is 1.88 bits per heavy atom. The van der Waals surface area contributed by atoms with Crippen LogP contribution in [0.2, 0.25) is 12.6 Å². The maximum atomic E-state index is 5.99. The third kappa shape index (κ3) is 4.48. The van der Waals surface area contributed by atoms with Crippen LogP contribution in [0, 0.1) is 0 Å². The maximum Gasteiger partial charge on any atom is 0.240 e. The van der Waals surface area contributed by atoms with Crippen LogP contribution in [0.5, 0.6) is 0 Å². The highest BCUT2D eigenvalue weighted by molar-refractivity contribution is 6.67. The van der Waals surface area contributed by atoms with Crippen LogP contribution >= 0.6 is 0 Å². The van der Waals surface area contributed by atoms with Gasteiger partial charge in [0.25, 0.3) is 0 Å². The van der Waals surface area contributed by atoms with Crippen molar-refractivity contribution in [1.82, 2.24) is 4.98 Å². The highest BCUT2D eigenvalue weighted by Gasteiger charge is 2.22. The van der Waals surface area contributed by atoms with Gasteiger partial charge in [0, 0.05) is 19.4 Å². The molecule has 1 aromatic rings. The number of pyridine rings is 1. The standard InChI is InChI=1S/C13H23BNO2/c1-4-11-16-14(5-2,6-3)17-12-13-9-7-8-10-15-13/h7-10H,4-6,11-12H2,1-3H3/q-1. The molecule has 96 valence electrons. The normalized spacial score (nSPS) is 11.7. The Kier molecular flexibility index (Phi) is 6.23. The molecule has 0 bridgehead atoms. The molecule has 0 spiro atoms. The van der Waals surface area contributed by atoms with Crippen LogP contribution in [-0.2, 0) is 15.9 Å². The van der Waals surface area contributed by atoms with E-state index >= 15 is 0 Å². The lowest BCUT2D eigenvalue weighted by molar-refractivity contribution is 0.160. The van der Waals surface area contributed by atoms with Gasteiger partial charge in [0.05, 0.1) is 5.69 Å². The van der Waals surface area contributed by atoms with Crippen LogP contribution in [0.4, 0.5) is 0 Å². The molecule has 17 heavy (non-hydrogen) atoms. The van der Waals surface area contributed by atoms with E-state index in [2.05, 4.69) is 25.8 Å². The summed E-state index contributed by atoms with van der Waals surface area (Å²) in [5, 5.41) is 0. The Hall–Kier alpha value is -0.865. The fraction of sp³-hybridized carbons (Fsp3) is 0.615. The molecule has 1 heterocycles. The zero-order valence-electron chi connectivity index (χ0n) is 11.2. The van der Waals surface area contributed by atoms with Crippen molar-refractivity contribution in [2.45, 2.75) is 46.4 Å². The van der Waals surface area contributed by atoms with E-state index in [1.165, 1.54) is 0 Å². The Bertz CT molecular complexity index is 302. The fourth-order valence-corrected chi connectivity index (χ4v) is 1.86. The second kappa shape index (κ2) is 7.46. The van der Waals surface area contributed by atoms with E-state index < -0.39 is 6.55 Å². The summed E-state index contributed by atoms with van der Waals surface area (Å²) in [6, 6.07) is 5.87. The Morgan fingerprint density at radius 3 is 2.41 bits per heavy atom. The van der Waals surface area contributed by atoms with Gasteiger partial charge in [0.15, 0.2) is 0 Å². The van der Waals surface area contributed by atoms with Crippen molar-refractivity contribution < 1.29 is 9.31 Å². The molecule has 0 atom stereocenters. The first-order valence-corrected chi connectivity index (χ1v) is 6.61. The van der Waals surface area contributed by atoms with Gasteiger partial charge in [0.2, 0.25) is 6.55 Å². The molecule has 0 aliphatic heterocycles. The van der Waals surface area contributed by atoms with E-state index in [-0.39, 0.29) is 0 Å². The van der Waals surface area contributed by atoms with Gasteiger partial charge in [-0.2, -0.15) is 0 Å². The van der Waals surface area contributed by atoms with E-state index in [1.807, 2.05) is 18.2 Å². The minimum Gasteiger partial charge on any atom is -0.568 e. The minimum atomic E-state index is -1.14. The summed E-state index contributed by atoms with van der Waals surface area (Å²) in [5.41, 5.74) is 0.959. The van der Waals surface area contributed by atoms with Crippen LogP contribution in [0.25, 0.3) is 0 Å². The third-order valence-corrected chi connectivity index (χ3v) is 3.13. The number of hydrogen-bond donors (Lipinski definition) is 0. The highest BCUT2D eigenvalue weighted by Crippen LogP contribution is 2.20. The monoisotopic (exact) mass is 236 g/mol. The summed E-state index contributed by atoms with van der Waals surface area (Å²) < 4.78 is 11.9. The first kappa shape index (κ1) is 14.2. The number of rotatable bonds is 8. The van der Waals surface area contributed by atoms with Gasteiger partial charge >= 0.3 is 0 Å². The van der Waals surface area contributed by atoms with Crippen LogP contribution in [0.15, 0.2) is 24.4 Å². The number of hydrogen-bond acceptors (Lipinski definition) is 3. The fourth-order valence-electron chi connectivity index (χ4n) is 1.86. The molecule has 0 unspecified atom stereocenters. The second-order valence-electron chi connectivity index (χ2n) is 4.37. The van der Waals surface area contributed by atoms with Crippen LogP contribution in [0.1, 0.15) is 32.9 Å². The first-order valence-electron chi connectivity index (χ1n) is 6.61. The van der Waals surface area contributed by atoms with Crippen LogP contribution < -0.4 is 0 Å². The van der Waals surface area contributed by atoms with E-state index in [4.69, 9.17) is 9.31 Å². The predicted molar refractivity (Wildman–Crippen MR) is 72.0 cm³/mol. The molecule has 0 aliphatic carbocycles. The minimum absolute atomic E-state index is 0.534. The van der Waals surface area contributed by atoms with E-state index in [0.717, 1.165) is 31.4 Å². The summed E-state index contributed by atoms with van der Waals surface area (Å²) in [6.07, 6.45) is 4.65. The molecule has 0 radical (unpaired) electrons. The zero-order valence-corrected chi connectivity index (χ0v) is 11.2. The van der Waals surface area contributed by atoms with Gasteiger partial charge < -0.3 is 9.31 Å². The lowest BCUT2D eigenvalue weighted by Crippen LogP contribution is -2.40. The lowest BCUT2D eigenvalue weighted by atomic mass is 9.52. The van der Waals surface area contributed by atoms with Crippen molar-refractivity contribution in [3.63, 3.8) is 0 Å². The largest absolute Gasteiger partial charge is 0.568 e. The zero-order chi connectivity index (χ0) is 12.6. The predicted octanol–water partition coefficient (Wildman–Crippen LogP) is 3.51. The van der Waals surface area contributed by atoms with E-state index in [0.29, 0.717) is 6.61 Å². The summed E-state index contributed by atoms with van der Waals surface area (Å²) in [6.45, 7) is 6.52. The molecule has 4 heteroatoms. The van der Waals surface area contributed by atoms with Crippen LogP contribution in [0.3, 0.4) is 0 Å². The molecular formula is C13H23BNO2-. The molecule has 3 nitrogen and oxygen atoms in total. The molecule has 0 amide bonds. The van der Waals surface area contributed by atoms with E-state index in [9.17, 15) is 0 Å². The Morgan fingerprint density at radius 1 is 1.12 bits per heavy atom. The maximum absolute atomic E-state index is 5.99. The molecule has 0 aliphatic rings. The quantitative estimate of drug-likeness (QED) is 0.647. The Balaban J connectivity index is 2.54. The number of nitrogens with zero attached hydrogens (tertiary/aromatic N) is 1.